The molecule has 1 heterocycles. The lowest BCUT2D eigenvalue weighted by Gasteiger charge is -2.36. The third kappa shape index (κ3) is 5.23. The number of hydrogen-bond acceptors (Lipinski definition) is 4. The number of amides is 1. The molecule has 1 aliphatic rings. The summed E-state index contributed by atoms with van der Waals surface area (Å²) in [7, 11) is 2.06. The van der Waals surface area contributed by atoms with Gasteiger partial charge in [-0.15, -0.1) is 0 Å². The first kappa shape index (κ1) is 15.2. The number of hydrogen-bond donors (Lipinski definition) is 2. The van der Waals surface area contributed by atoms with Crippen molar-refractivity contribution in [3.05, 3.63) is 0 Å². The molecule has 2 N–H and O–H groups in total. The van der Waals surface area contributed by atoms with E-state index in [9.17, 15) is 9.90 Å². The Bertz CT molecular complexity index is 276. The number of likely N-dealkylation sites (tertiary alicyclic amines) is 1. The van der Waals surface area contributed by atoms with Crippen LogP contribution in [0, 0.1) is 11.8 Å². The molecule has 0 aliphatic carbocycles. The Morgan fingerprint density at radius 3 is 2.67 bits per heavy atom. The summed E-state index contributed by atoms with van der Waals surface area (Å²) < 4.78 is 5.20. The quantitative estimate of drug-likeness (QED) is 0.795. The first-order valence-electron chi connectivity index (χ1n) is 6.58. The van der Waals surface area contributed by atoms with Gasteiger partial charge in [0.05, 0.1) is 0 Å². The van der Waals surface area contributed by atoms with Crippen LogP contribution in [0.25, 0.3) is 0 Å². The fourth-order valence-corrected chi connectivity index (χ4v) is 2.27. The molecule has 106 valence electrons. The summed E-state index contributed by atoms with van der Waals surface area (Å²) in [6, 6.07) is 0. The maximum Gasteiger partial charge on any atom is 0.407 e. The number of alkyl carbamates (subject to hydrolysis) is 1. The Labute approximate surface area is 109 Å². The van der Waals surface area contributed by atoms with E-state index in [1.54, 1.807) is 0 Å². The lowest BCUT2D eigenvalue weighted by molar-refractivity contribution is 0.0464. The molecule has 1 saturated heterocycles. The molecule has 1 fully saturated rings. The molecule has 5 heteroatoms. The number of nitrogens with one attached hydrogen (secondary N) is 1. The minimum Gasteiger partial charge on any atom is -0.444 e. The van der Waals surface area contributed by atoms with Gasteiger partial charge in [-0.2, -0.15) is 0 Å². The van der Waals surface area contributed by atoms with Crippen LogP contribution in [0.4, 0.5) is 4.79 Å². The summed E-state index contributed by atoms with van der Waals surface area (Å²) in [4.78, 5) is 13.8. The highest BCUT2D eigenvalue weighted by molar-refractivity contribution is 5.67. The van der Waals surface area contributed by atoms with Crippen LogP contribution in [0.1, 0.15) is 27.2 Å². The summed E-state index contributed by atoms with van der Waals surface area (Å²) in [6.07, 6.45) is 0.621. The highest BCUT2D eigenvalue weighted by Gasteiger charge is 2.27. The molecule has 0 aromatic heterocycles. The molecule has 0 bridgehead atoms. The van der Waals surface area contributed by atoms with E-state index in [-0.39, 0.29) is 18.6 Å². The van der Waals surface area contributed by atoms with E-state index in [2.05, 4.69) is 17.3 Å². The molecule has 0 radical (unpaired) electrons. The summed E-state index contributed by atoms with van der Waals surface area (Å²) >= 11 is 0. The molecule has 1 aliphatic heterocycles. The summed E-state index contributed by atoms with van der Waals surface area (Å²) in [5, 5.41) is 12.2. The van der Waals surface area contributed by atoms with E-state index in [1.807, 2.05) is 20.8 Å². The van der Waals surface area contributed by atoms with E-state index in [0.29, 0.717) is 12.5 Å². The Morgan fingerprint density at radius 1 is 1.44 bits per heavy atom. The Hall–Kier alpha value is -0.810. The molecular weight excluding hydrogens is 232 g/mol. The van der Waals surface area contributed by atoms with Gasteiger partial charge >= 0.3 is 6.09 Å². The van der Waals surface area contributed by atoms with Gasteiger partial charge in [-0.25, -0.2) is 4.79 Å². The lowest BCUT2D eigenvalue weighted by atomic mass is 9.86. The van der Waals surface area contributed by atoms with Crippen LogP contribution >= 0.6 is 0 Å². The Kier molecular flexibility index (Phi) is 5.41. The molecule has 1 rings (SSSR count). The maximum absolute atomic E-state index is 11.6. The molecule has 5 nitrogen and oxygen atoms in total. The number of carbonyl (C=O) groups is 1. The van der Waals surface area contributed by atoms with Crippen LogP contribution in [-0.4, -0.2) is 55.0 Å². The van der Waals surface area contributed by atoms with Crippen molar-refractivity contribution in [2.24, 2.45) is 11.8 Å². The van der Waals surface area contributed by atoms with Gasteiger partial charge in [-0.05, 0) is 52.6 Å². The zero-order valence-corrected chi connectivity index (χ0v) is 11.9. The van der Waals surface area contributed by atoms with Crippen molar-refractivity contribution in [3.8, 4) is 0 Å². The van der Waals surface area contributed by atoms with Crippen LogP contribution < -0.4 is 5.32 Å². The van der Waals surface area contributed by atoms with Gasteiger partial charge in [-0.1, -0.05) is 0 Å². The second kappa shape index (κ2) is 6.38. The fraction of sp³-hybridized carbons (Fsp3) is 0.923. The first-order valence-corrected chi connectivity index (χ1v) is 6.58. The van der Waals surface area contributed by atoms with Crippen molar-refractivity contribution >= 4 is 6.09 Å². The molecule has 0 saturated carbocycles. The van der Waals surface area contributed by atoms with Gasteiger partial charge in [0, 0.05) is 19.7 Å². The fourth-order valence-electron chi connectivity index (χ4n) is 2.27. The number of aliphatic hydroxyl groups is 1. The molecule has 0 spiro atoms. The van der Waals surface area contributed by atoms with Gasteiger partial charge in [0.15, 0.2) is 0 Å². The molecule has 0 aromatic rings. The first-order chi connectivity index (χ1) is 8.31. The van der Waals surface area contributed by atoms with Gasteiger partial charge in [0.2, 0.25) is 0 Å². The van der Waals surface area contributed by atoms with Gasteiger partial charge in [-0.3, -0.25) is 0 Å². The highest BCUT2D eigenvalue weighted by Crippen LogP contribution is 2.21. The summed E-state index contributed by atoms with van der Waals surface area (Å²) in [6.45, 7) is 8.18. The van der Waals surface area contributed by atoms with Crippen LogP contribution in [0.5, 0.6) is 0 Å². The van der Waals surface area contributed by atoms with E-state index in [0.717, 1.165) is 19.5 Å². The largest absolute Gasteiger partial charge is 0.444 e. The topological polar surface area (TPSA) is 61.8 Å². The van der Waals surface area contributed by atoms with E-state index in [1.165, 1.54) is 0 Å². The van der Waals surface area contributed by atoms with Crippen molar-refractivity contribution in [3.63, 3.8) is 0 Å². The number of nitrogens with zero attached hydrogens (tertiary/aromatic N) is 1. The Morgan fingerprint density at radius 2 is 2.11 bits per heavy atom. The maximum atomic E-state index is 11.6. The number of ether oxygens (including phenoxy) is 1. The second-order valence-electron chi connectivity index (χ2n) is 6.14. The highest BCUT2D eigenvalue weighted by atomic mass is 16.6. The smallest absolute Gasteiger partial charge is 0.407 e. The monoisotopic (exact) mass is 258 g/mol. The average molecular weight is 258 g/mol. The van der Waals surface area contributed by atoms with E-state index >= 15 is 0 Å². The van der Waals surface area contributed by atoms with Crippen molar-refractivity contribution in [1.29, 1.82) is 0 Å². The molecule has 18 heavy (non-hydrogen) atoms. The normalized spacial score (nSPS) is 25.8. The SMILES string of the molecule is CN1CC[C@@H](CNC(=O)OC(C)(C)C)[C@@H](CO)C1. The number of rotatable bonds is 3. The molecule has 0 unspecified atom stereocenters. The number of piperidine rings is 1. The van der Waals surface area contributed by atoms with Crippen LogP contribution in [0.15, 0.2) is 0 Å². The minimum absolute atomic E-state index is 0.172. The molecular formula is C13H26N2O3. The summed E-state index contributed by atoms with van der Waals surface area (Å²) in [5.74, 6) is 0.567. The predicted molar refractivity (Wildman–Crippen MR) is 70.4 cm³/mol. The van der Waals surface area contributed by atoms with Crippen molar-refractivity contribution in [1.82, 2.24) is 10.2 Å². The van der Waals surface area contributed by atoms with Gasteiger partial charge in [0.25, 0.3) is 0 Å². The minimum atomic E-state index is -0.465. The average Bonchev–Trinajstić information content (AvgIpc) is 2.24. The lowest BCUT2D eigenvalue weighted by Crippen LogP contribution is -2.45. The van der Waals surface area contributed by atoms with Gasteiger partial charge in [0.1, 0.15) is 5.60 Å². The van der Waals surface area contributed by atoms with Crippen molar-refractivity contribution < 1.29 is 14.6 Å². The summed E-state index contributed by atoms with van der Waals surface area (Å²) in [5.41, 5.74) is -0.465. The zero-order chi connectivity index (χ0) is 13.8. The molecule has 2 atom stereocenters. The predicted octanol–water partition coefficient (Wildman–Crippen LogP) is 1.07. The second-order valence-corrected chi connectivity index (χ2v) is 6.14. The number of aliphatic hydroxyl groups excluding tert-OH is 1. The third-order valence-electron chi connectivity index (χ3n) is 3.24. The standard InChI is InChI=1S/C13H26N2O3/c1-13(2,3)18-12(17)14-7-10-5-6-15(4)8-11(10)9-16/h10-11,16H,5-9H2,1-4H3,(H,14,17)/t10-,11+/m0/s1. The van der Waals surface area contributed by atoms with E-state index < -0.39 is 5.60 Å². The van der Waals surface area contributed by atoms with Crippen molar-refractivity contribution in [2.75, 3.05) is 33.3 Å². The Balaban J connectivity index is 2.35. The van der Waals surface area contributed by atoms with E-state index in [4.69, 9.17) is 4.74 Å². The van der Waals surface area contributed by atoms with Crippen LogP contribution in [-0.2, 0) is 4.74 Å². The third-order valence-corrected chi connectivity index (χ3v) is 3.24. The van der Waals surface area contributed by atoms with Crippen LogP contribution in [0.3, 0.4) is 0 Å². The van der Waals surface area contributed by atoms with Gasteiger partial charge < -0.3 is 20.1 Å². The molecule has 0 aromatic carbocycles. The number of carbonyl (C=O) groups excluding carboxylic acids is 1. The van der Waals surface area contributed by atoms with Crippen molar-refractivity contribution in [2.45, 2.75) is 32.8 Å². The molecule has 1 amide bonds. The zero-order valence-electron chi connectivity index (χ0n) is 11.9. The van der Waals surface area contributed by atoms with Crippen LogP contribution in [0.2, 0.25) is 0 Å².